The molecule has 0 amide bonds. The number of hydrogen-bond acceptors (Lipinski definition) is 1. The van der Waals surface area contributed by atoms with Crippen LogP contribution in [-0.2, 0) is 6.18 Å². The molecule has 1 N–H and O–H groups in total. The van der Waals surface area contributed by atoms with Crippen LogP contribution in [0.4, 0.5) is 13.2 Å². The van der Waals surface area contributed by atoms with E-state index < -0.39 is 11.7 Å². The highest BCUT2D eigenvalue weighted by molar-refractivity contribution is 5.67. The Bertz CT molecular complexity index is 728. The van der Waals surface area contributed by atoms with E-state index in [0.717, 1.165) is 48.2 Å². The second-order valence-corrected chi connectivity index (χ2v) is 6.66. The zero-order chi connectivity index (χ0) is 17.3. The second-order valence-electron chi connectivity index (χ2n) is 6.66. The predicted molar refractivity (Wildman–Crippen MR) is 91.2 cm³/mol. The van der Waals surface area contributed by atoms with Crippen LogP contribution in [-0.4, -0.2) is 13.1 Å². The molecular formula is C20H22F3N. The van der Waals surface area contributed by atoms with Crippen molar-refractivity contribution in [1.82, 2.24) is 5.32 Å². The quantitative estimate of drug-likeness (QED) is 0.770. The first-order valence-electron chi connectivity index (χ1n) is 8.35. The van der Waals surface area contributed by atoms with Gasteiger partial charge in [0.1, 0.15) is 0 Å². The van der Waals surface area contributed by atoms with Gasteiger partial charge in [-0.1, -0.05) is 24.3 Å². The molecule has 128 valence electrons. The number of piperidine rings is 1. The Kier molecular flexibility index (Phi) is 4.68. The van der Waals surface area contributed by atoms with Gasteiger partial charge in [-0.2, -0.15) is 13.2 Å². The molecule has 0 radical (unpaired) electrons. The fourth-order valence-electron chi connectivity index (χ4n) is 3.29. The predicted octanol–water partition coefficient (Wildman–Crippen LogP) is 5.46. The first-order chi connectivity index (χ1) is 11.3. The van der Waals surface area contributed by atoms with Crippen molar-refractivity contribution in [3.05, 3.63) is 58.7 Å². The third-order valence-electron chi connectivity index (χ3n) is 4.93. The Balaban J connectivity index is 2.08. The van der Waals surface area contributed by atoms with Crippen LogP contribution in [0.25, 0.3) is 11.1 Å². The molecule has 0 bridgehead atoms. The molecule has 1 fully saturated rings. The van der Waals surface area contributed by atoms with E-state index in [4.69, 9.17) is 0 Å². The fraction of sp³-hybridized carbons (Fsp3) is 0.400. The normalized spacial score (nSPS) is 16.4. The summed E-state index contributed by atoms with van der Waals surface area (Å²) in [6, 6.07) is 10.4. The smallest absolute Gasteiger partial charge is 0.317 e. The number of benzene rings is 2. The molecule has 0 aromatic heterocycles. The van der Waals surface area contributed by atoms with E-state index in [0.29, 0.717) is 5.56 Å². The highest BCUT2D eigenvalue weighted by Crippen LogP contribution is 2.37. The van der Waals surface area contributed by atoms with Crippen LogP contribution in [0.1, 0.15) is 41.0 Å². The van der Waals surface area contributed by atoms with Gasteiger partial charge in [-0.15, -0.1) is 0 Å². The number of alkyl halides is 3. The molecular weight excluding hydrogens is 311 g/mol. The molecule has 0 atom stereocenters. The zero-order valence-corrected chi connectivity index (χ0v) is 14.0. The van der Waals surface area contributed by atoms with Gasteiger partial charge in [0, 0.05) is 0 Å². The minimum atomic E-state index is -4.32. The Labute approximate surface area is 140 Å². The number of hydrogen-bond donors (Lipinski definition) is 1. The third-order valence-corrected chi connectivity index (χ3v) is 4.93. The summed E-state index contributed by atoms with van der Waals surface area (Å²) in [6.07, 6.45) is -2.56. The number of nitrogens with one attached hydrogen (secondary N) is 1. The van der Waals surface area contributed by atoms with Crippen LogP contribution in [0.15, 0.2) is 36.4 Å². The van der Waals surface area contributed by atoms with Gasteiger partial charge in [0.15, 0.2) is 0 Å². The summed E-state index contributed by atoms with van der Waals surface area (Å²) in [5.74, 6) is 0.193. The summed E-state index contributed by atoms with van der Waals surface area (Å²) in [6.45, 7) is 5.71. The maximum absolute atomic E-state index is 13.4. The average molecular weight is 333 g/mol. The Morgan fingerprint density at radius 3 is 2.21 bits per heavy atom. The lowest BCUT2D eigenvalue weighted by molar-refractivity contribution is -0.137. The summed E-state index contributed by atoms with van der Waals surface area (Å²) in [7, 11) is 0. The molecule has 4 heteroatoms. The van der Waals surface area contributed by atoms with Crippen molar-refractivity contribution < 1.29 is 13.2 Å². The van der Waals surface area contributed by atoms with Gasteiger partial charge in [0.05, 0.1) is 5.56 Å². The van der Waals surface area contributed by atoms with Crippen molar-refractivity contribution in [2.24, 2.45) is 0 Å². The van der Waals surface area contributed by atoms with E-state index >= 15 is 0 Å². The molecule has 0 unspecified atom stereocenters. The lowest BCUT2D eigenvalue weighted by Crippen LogP contribution is -2.26. The van der Waals surface area contributed by atoms with Crippen molar-refractivity contribution in [3.63, 3.8) is 0 Å². The highest BCUT2D eigenvalue weighted by atomic mass is 19.4. The van der Waals surface area contributed by atoms with Gasteiger partial charge >= 0.3 is 6.18 Å². The van der Waals surface area contributed by atoms with Crippen molar-refractivity contribution in [3.8, 4) is 11.1 Å². The minimum absolute atomic E-state index is 0.193. The maximum Gasteiger partial charge on any atom is 0.416 e. The molecule has 1 heterocycles. The van der Waals surface area contributed by atoms with Crippen LogP contribution in [0.5, 0.6) is 0 Å². The van der Waals surface area contributed by atoms with Gasteiger partial charge in [0.2, 0.25) is 0 Å². The van der Waals surface area contributed by atoms with E-state index in [1.807, 2.05) is 38.1 Å². The summed E-state index contributed by atoms with van der Waals surface area (Å²) in [4.78, 5) is 0. The van der Waals surface area contributed by atoms with E-state index in [-0.39, 0.29) is 5.92 Å². The summed E-state index contributed by atoms with van der Waals surface area (Å²) in [5, 5.41) is 3.27. The van der Waals surface area contributed by atoms with Crippen molar-refractivity contribution in [1.29, 1.82) is 0 Å². The van der Waals surface area contributed by atoms with E-state index in [9.17, 15) is 13.2 Å². The molecule has 3 rings (SSSR count). The van der Waals surface area contributed by atoms with Crippen molar-refractivity contribution >= 4 is 0 Å². The monoisotopic (exact) mass is 333 g/mol. The van der Waals surface area contributed by atoms with Crippen LogP contribution >= 0.6 is 0 Å². The molecule has 1 aliphatic heterocycles. The lowest BCUT2D eigenvalue weighted by Gasteiger charge is -2.24. The lowest BCUT2D eigenvalue weighted by atomic mass is 9.86. The largest absolute Gasteiger partial charge is 0.416 e. The molecule has 2 aromatic rings. The third kappa shape index (κ3) is 3.64. The first kappa shape index (κ1) is 17.0. The summed E-state index contributed by atoms with van der Waals surface area (Å²) in [5.41, 5.74) is 3.99. The molecule has 24 heavy (non-hydrogen) atoms. The minimum Gasteiger partial charge on any atom is -0.317 e. The molecule has 0 spiro atoms. The molecule has 1 aliphatic rings. The van der Waals surface area contributed by atoms with E-state index in [2.05, 4.69) is 5.32 Å². The van der Waals surface area contributed by atoms with E-state index in [1.54, 1.807) is 0 Å². The topological polar surface area (TPSA) is 12.0 Å². The van der Waals surface area contributed by atoms with Crippen LogP contribution in [0.2, 0.25) is 0 Å². The van der Waals surface area contributed by atoms with Gasteiger partial charge in [-0.05, 0) is 85.6 Å². The second kappa shape index (κ2) is 6.60. The molecule has 0 aliphatic carbocycles. The van der Waals surface area contributed by atoms with Crippen molar-refractivity contribution in [2.75, 3.05) is 13.1 Å². The van der Waals surface area contributed by atoms with Gasteiger partial charge in [0.25, 0.3) is 0 Å². The molecule has 1 nitrogen and oxygen atoms in total. The van der Waals surface area contributed by atoms with Gasteiger partial charge in [-0.25, -0.2) is 0 Å². The Hall–Kier alpha value is -1.81. The number of aryl methyl sites for hydroxylation is 2. The number of rotatable bonds is 2. The maximum atomic E-state index is 13.4. The SMILES string of the molecule is Cc1ccc(-c2cc(C3CCNCC3)cc(C(F)(F)F)c2)cc1C. The van der Waals surface area contributed by atoms with Crippen LogP contribution in [0, 0.1) is 13.8 Å². The molecule has 1 saturated heterocycles. The summed E-state index contributed by atoms with van der Waals surface area (Å²) >= 11 is 0. The highest BCUT2D eigenvalue weighted by Gasteiger charge is 2.32. The van der Waals surface area contributed by atoms with E-state index in [1.165, 1.54) is 12.1 Å². The molecule has 0 saturated carbocycles. The van der Waals surface area contributed by atoms with Crippen LogP contribution < -0.4 is 5.32 Å². The Morgan fingerprint density at radius 2 is 1.58 bits per heavy atom. The molecule has 2 aromatic carbocycles. The van der Waals surface area contributed by atoms with Gasteiger partial charge < -0.3 is 5.32 Å². The summed E-state index contributed by atoms with van der Waals surface area (Å²) < 4.78 is 40.1. The standard InChI is InChI=1S/C20H22F3N/c1-13-3-4-16(9-14(13)2)18-10-17(15-5-7-24-8-6-15)11-19(12-18)20(21,22)23/h3-4,9-12,15,24H,5-8H2,1-2H3. The first-order valence-corrected chi connectivity index (χ1v) is 8.35. The van der Waals surface area contributed by atoms with Crippen LogP contribution in [0.3, 0.4) is 0 Å². The fourth-order valence-corrected chi connectivity index (χ4v) is 3.29. The van der Waals surface area contributed by atoms with Crippen molar-refractivity contribution in [2.45, 2.75) is 38.8 Å². The average Bonchev–Trinajstić information content (AvgIpc) is 2.57. The van der Waals surface area contributed by atoms with Gasteiger partial charge in [-0.3, -0.25) is 0 Å². The Morgan fingerprint density at radius 1 is 0.875 bits per heavy atom. The zero-order valence-electron chi connectivity index (χ0n) is 14.0. The number of halogens is 3.